The van der Waals surface area contributed by atoms with Gasteiger partial charge in [-0.05, 0) is 19.1 Å². The summed E-state index contributed by atoms with van der Waals surface area (Å²) >= 11 is 0. The maximum absolute atomic E-state index is 4.62. The van der Waals surface area contributed by atoms with Crippen molar-refractivity contribution in [1.82, 2.24) is 24.5 Å². The standard InChI is InChI=1S/C21H15N5/c1-14-22-10-15(11-23-14)16-12-24-21(25-13-16)26-19-8-4-2-6-17(19)18-7-3-5-9-20(18)26/h2-13H,1H3. The number of para-hydroxylation sites is 2. The van der Waals surface area contributed by atoms with E-state index in [0.717, 1.165) is 28.0 Å². The molecule has 0 amide bonds. The van der Waals surface area contributed by atoms with Crippen molar-refractivity contribution in [3.8, 4) is 17.1 Å². The molecule has 2 aromatic carbocycles. The Morgan fingerprint density at radius 2 is 1.08 bits per heavy atom. The molecule has 0 aliphatic carbocycles. The highest BCUT2D eigenvalue weighted by Crippen LogP contribution is 2.30. The average Bonchev–Trinajstić information content (AvgIpc) is 3.03. The summed E-state index contributed by atoms with van der Waals surface area (Å²) in [5, 5.41) is 2.39. The predicted molar refractivity (Wildman–Crippen MR) is 102 cm³/mol. The molecule has 0 N–H and O–H groups in total. The highest BCUT2D eigenvalue weighted by Gasteiger charge is 2.13. The van der Waals surface area contributed by atoms with Gasteiger partial charge in [-0.15, -0.1) is 0 Å². The zero-order chi connectivity index (χ0) is 17.5. The molecule has 0 saturated heterocycles. The fraction of sp³-hybridized carbons (Fsp3) is 0.0476. The first-order valence-electron chi connectivity index (χ1n) is 8.41. The first kappa shape index (κ1) is 14.7. The molecule has 5 nitrogen and oxygen atoms in total. The van der Waals surface area contributed by atoms with Crippen LogP contribution in [0.15, 0.2) is 73.3 Å². The van der Waals surface area contributed by atoms with E-state index in [0.29, 0.717) is 5.95 Å². The molecular weight excluding hydrogens is 322 g/mol. The van der Waals surface area contributed by atoms with E-state index in [9.17, 15) is 0 Å². The molecule has 3 heterocycles. The Morgan fingerprint density at radius 3 is 1.62 bits per heavy atom. The van der Waals surface area contributed by atoms with Crippen molar-refractivity contribution in [3.63, 3.8) is 0 Å². The molecule has 0 atom stereocenters. The van der Waals surface area contributed by atoms with Crippen LogP contribution in [0.25, 0.3) is 38.9 Å². The number of fused-ring (bicyclic) bond motifs is 3. The number of hydrogen-bond acceptors (Lipinski definition) is 4. The monoisotopic (exact) mass is 337 g/mol. The van der Waals surface area contributed by atoms with Gasteiger partial charge in [0.1, 0.15) is 5.82 Å². The van der Waals surface area contributed by atoms with Gasteiger partial charge in [0, 0.05) is 46.7 Å². The predicted octanol–water partition coefficient (Wildman–Crippen LogP) is 4.34. The molecule has 0 radical (unpaired) electrons. The van der Waals surface area contributed by atoms with Crippen LogP contribution in [-0.2, 0) is 0 Å². The molecule has 0 aliphatic heterocycles. The first-order chi connectivity index (χ1) is 12.8. The Labute approximate surface area is 150 Å². The fourth-order valence-corrected chi connectivity index (χ4v) is 3.27. The Bertz CT molecular complexity index is 1170. The van der Waals surface area contributed by atoms with E-state index in [1.165, 1.54) is 10.8 Å². The lowest BCUT2D eigenvalue weighted by Crippen LogP contribution is -2.00. The second kappa shape index (κ2) is 5.74. The topological polar surface area (TPSA) is 56.5 Å². The van der Waals surface area contributed by atoms with Crippen LogP contribution in [0.1, 0.15) is 5.82 Å². The van der Waals surface area contributed by atoms with E-state index < -0.39 is 0 Å². The van der Waals surface area contributed by atoms with Crippen LogP contribution in [0.4, 0.5) is 0 Å². The van der Waals surface area contributed by atoms with Gasteiger partial charge in [0.15, 0.2) is 0 Å². The van der Waals surface area contributed by atoms with Crippen molar-refractivity contribution in [1.29, 1.82) is 0 Å². The minimum Gasteiger partial charge on any atom is -0.278 e. The van der Waals surface area contributed by atoms with E-state index in [1.54, 1.807) is 12.4 Å². The Balaban J connectivity index is 1.69. The minimum absolute atomic E-state index is 0.652. The molecule has 0 saturated carbocycles. The van der Waals surface area contributed by atoms with E-state index in [-0.39, 0.29) is 0 Å². The van der Waals surface area contributed by atoms with Gasteiger partial charge in [-0.2, -0.15) is 0 Å². The maximum Gasteiger partial charge on any atom is 0.234 e. The highest BCUT2D eigenvalue weighted by molar-refractivity contribution is 6.08. The van der Waals surface area contributed by atoms with Crippen molar-refractivity contribution >= 4 is 21.8 Å². The van der Waals surface area contributed by atoms with Crippen LogP contribution in [0, 0.1) is 6.92 Å². The van der Waals surface area contributed by atoms with Gasteiger partial charge in [-0.3, -0.25) is 4.57 Å². The van der Waals surface area contributed by atoms with Crippen molar-refractivity contribution in [3.05, 3.63) is 79.1 Å². The van der Waals surface area contributed by atoms with Gasteiger partial charge in [0.05, 0.1) is 11.0 Å². The summed E-state index contributed by atoms with van der Waals surface area (Å²) in [4.78, 5) is 17.7. The van der Waals surface area contributed by atoms with Crippen LogP contribution in [-0.4, -0.2) is 24.5 Å². The first-order valence-corrected chi connectivity index (χ1v) is 8.41. The number of nitrogens with zero attached hydrogens (tertiary/aromatic N) is 5. The summed E-state index contributed by atoms with van der Waals surface area (Å²) in [7, 11) is 0. The van der Waals surface area contributed by atoms with Gasteiger partial charge >= 0.3 is 0 Å². The molecule has 0 bridgehead atoms. The highest BCUT2D eigenvalue weighted by atomic mass is 15.1. The largest absolute Gasteiger partial charge is 0.278 e. The van der Waals surface area contributed by atoms with Crippen LogP contribution in [0.3, 0.4) is 0 Å². The van der Waals surface area contributed by atoms with Crippen LogP contribution in [0.5, 0.6) is 0 Å². The zero-order valence-corrected chi connectivity index (χ0v) is 14.2. The Morgan fingerprint density at radius 1 is 0.615 bits per heavy atom. The van der Waals surface area contributed by atoms with E-state index in [1.807, 2.05) is 31.5 Å². The molecule has 26 heavy (non-hydrogen) atoms. The molecule has 0 fully saturated rings. The van der Waals surface area contributed by atoms with E-state index in [4.69, 9.17) is 0 Å². The van der Waals surface area contributed by atoms with Gasteiger partial charge in [-0.1, -0.05) is 36.4 Å². The average molecular weight is 337 g/mol. The lowest BCUT2D eigenvalue weighted by molar-refractivity contribution is 0.987. The number of aromatic nitrogens is 5. The van der Waals surface area contributed by atoms with E-state index >= 15 is 0 Å². The summed E-state index contributed by atoms with van der Waals surface area (Å²) in [5.74, 6) is 1.40. The third kappa shape index (κ3) is 2.25. The van der Waals surface area contributed by atoms with Crippen LogP contribution >= 0.6 is 0 Å². The summed E-state index contributed by atoms with van der Waals surface area (Å²) in [6.07, 6.45) is 7.22. The van der Waals surface area contributed by atoms with E-state index in [2.05, 4.69) is 60.9 Å². The quantitative estimate of drug-likeness (QED) is 0.481. The molecule has 5 aromatic rings. The third-order valence-electron chi connectivity index (χ3n) is 4.53. The Hall–Kier alpha value is -3.60. The maximum atomic E-state index is 4.62. The molecule has 5 heteroatoms. The molecule has 124 valence electrons. The number of rotatable bonds is 2. The normalized spacial score (nSPS) is 11.3. The molecule has 0 aliphatic rings. The fourth-order valence-electron chi connectivity index (χ4n) is 3.27. The van der Waals surface area contributed by atoms with Crippen LogP contribution < -0.4 is 0 Å². The van der Waals surface area contributed by atoms with Crippen LogP contribution in [0.2, 0.25) is 0 Å². The molecule has 5 rings (SSSR count). The summed E-state index contributed by atoms with van der Waals surface area (Å²) < 4.78 is 2.10. The van der Waals surface area contributed by atoms with Crippen molar-refractivity contribution in [2.24, 2.45) is 0 Å². The van der Waals surface area contributed by atoms with Gasteiger partial charge < -0.3 is 0 Å². The smallest absolute Gasteiger partial charge is 0.234 e. The third-order valence-corrected chi connectivity index (χ3v) is 4.53. The minimum atomic E-state index is 0.652. The number of hydrogen-bond donors (Lipinski definition) is 0. The molecule has 0 unspecified atom stereocenters. The molecular formula is C21H15N5. The second-order valence-corrected chi connectivity index (χ2v) is 6.16. The Kier molecular flexibility index (Phi) is 3.25. The number of aryl methyl sites for hydroxylation is 1. The van der Waals surface area contributed by atoms with Crippen molar-refractivity contribution in [2.45, 2.75) is 6.92 Å². The summed E-state index contributed by atoms with van der Waals surface area (Å²) in [6.45, 7) is 1.87. The van der Waals surface area contributed by atoms with Gasteiger partial charge in [0.25, 0.3) is 0 Å². The zero-order valence-electron chi connectivity index (χ0n) is 14.2. The SMILES string of the molecule is Cc1ncc(-c2cnc(-n3c4ccccc4c4ccccc43)nc2)cn1. The number of benzene rings is 2. The van der Waals surface area contributed by atoms with Gasteiger partial charge in [0.2, 0.25) is 5.95 Å². The lowest BCUT2D eigenvalue weighted by atomic mass is 10.2. The second-order valence-electron chi connectivity index (χ2n) is 6.16. The summed E-state index contributed by atoms with van der Waals surface area (Å²) in [6, 6.07) is 16.6. The van der Waals surface area contributed by atoms with Crippen molar-refractivity contribution in [2.75, 3.05) is 0 Å². The molecule has 3 aromatic heterocycles. The summed E-state index contributed by atoms with van der Waals surface area (Å²) in [5.41, 5.74) is 4.00. The molecule has 0 spiro atoms. The lowest BCUT2D eigenvalue weighted by Gasteiger charge is -2.06. The van der Waals surface area contributed by atoms with Gasteiger partial charge in [-0.25, -0.2) is 19.9 Å². The van der Waals surface area contributed by atoms with Crippen molar-refractivity contribution < 1.29 is 0 Å².